The minimum atomic E-state index is 0.180. The van der Waals surface area contributed by atoms with Crippen LogP contribution in [0.1, 0.15) is 46.0 Å². The lowest BCUT2D eigenvalue weighted by molar-refractivity contribution is 0.445. The largest absolute Gasteiger partial charge is 0.0990 e. The molecule has 1 atom stereocenters. The predicted octanol–water partition coefficient (Wildman–Crippen LogP) is 6.87. The van der Waals surface area contributed by atoms with Gasteiger partial charge in [-0.05, 0) is 54.7 Å². The van der Waals surface area contributed by atoms with Gasteiger partial charge in [-0.25, -0.2) is 0 Å². The molecule has 0 amide bonds. The van der Waals surface area contributed by atoms with Gasteiger partial charge in [0.2, 0.25) is 0 Å². The van der Waals surface area contributed by atoms with Gasteiger partial charge in [0.15, 0.2) is 0 Å². The SMILES string of the molecule is C=C/C=C1/C2=C(CC(C3=CC=CCC3)CC2)C(C)(C)/C1=C/CI. The Hall–Kier alpha value is -0.830. The van der Waals surface area contributed by atoms with Crippen LogP contribution in [-0.2, 0) is 0 Å². The number of rotatable bonds is 3. The Balaban J connectivity index is 1.98. The number of hydrogen-bond acceptors (Lipinski definition) is 0. The van der Waals surface area contributed by atoms with E-state index in [0.29, 0.717) is 0 Å². The Bertz CT molecular complexity index is 649. The molecule has 0 N–H and O–H groups in total. The number of allylic oxidation sites excluding steroid dienone is 11. The van der Waals surface area contributed by atoms with Crippen molar-refractivity contribution in [1.29, 1.82) is 0 Å². The molecule has 3 aliphatic rings. The maximum atomic E-state index is 3.95. The first-order valence-corrected chi connectivity index (χ1v) is 10.3. The Kier molecular flexibility index (Phi) is 5.15. The molecule has 23 heavy (non-hydrogen) atoms. The van der Waals surface area contributed by atoms with E-state index in [1.165, 1.54) is 43.3 Å². The third kappa shape index (κ3) is 3.09. The van der Waals surface area contributed by atoms with Crippen LogP contribution in [-0.4, -0.2) is 4.43 Å². The van der Waals surface area contributed by atoms with E-state index in [1.54, 1.807) is 16.7 Å². The maximum absolute atomic E-state index is 3.95. The quantitative estimate of drug-likeness (QED) is 0.347. The Labute approximate surface area is 155 Å². The zero-order chi connectivity index (χ0) is 16.4. The van der Waals surface area contributed by atoms with Crippen LogP contribution in [0, 0.1) is 11.3 Å². The summed E-state index contributed by atoms with van der Waals surface area (Å²) >= 11 is 2.46. The molecule has 1 heteroatoms. The lowest BCUT2D eigenvalue weighted by atomic mass is 9.72. The Morgan fingerprint density at radius 2 is 2.17 bits per heavy atom. The van der Waals surface area contributed by atoms with Gasteiger partial charge in [-0.15, -0.1) is 0 Å². The van der Waals surface area contributed by atoms with Crippen LogP contribution in [0.5, 0.6) is 0 Å². The lowest BCUT2D eigenvalue weighted by Gasteiger charge is -2.32. The smallest absolute Gasteiger partial charge is 0.0182 e. The van der Waals surface area contributed by atoms with Crippen molar-refractivity contribution in [2.45, 2.75) is 46.0 Å². The standard InChI is InChI=1S/C22H27I/c1-4-8-18-19-12-11-17(16-9-6-5-7-10-16)15-21(19)22(2,3)20(18)13-14-23/h4-6,8-9,13,17H,1,7,10-12,14-15H2,2-3H3/b18-8-,20-13+. The molecule has 1 unspecified atom stereocenters. The Morgan fingerprint density at radius 3 is 2.83 bits per heavy atom. The molecule has 0 aliphatic heterocycles. The van der Waals surface area contributed by atoms with Gasteiger partial charge >= 0.3 is 0 Å². The van der Waals surface area contributed by atoms with E-state index in [-0.39, 0.29) is 5.41 Å². The first-order valence-electron chi connectivity index (χ1n) is 8.77. The molecule has 0 aromatic carbocycles. The van der Waals surface area contributed by atoms with Crippen LogP contribution in [0.4, 0.5) is 0 Å². The molecule has 0 fully saturated rings. The summed E-state index contributed by atoms with van der Waals surface area (Å²) in [7, 11) is 0. The van der Waals surface area contributed by atoms with Gasteiger partial charge in [0.05, 0.1) is 0 Å². The molecular weight excluding hydrogens is 391 g/mol. The average molecular weight is 418 g/mol. The third-order valence-electron chi connectivity index (χ3n) is 5.74. The highest BCUT2D eigenvalue weighted by Gasteiger charge is 2.42. The highest BCUT2D eigenvalue weighted by Crippen LogP contribution is 2.56. The van der Waals surface area contributed by atoms with Crippen molar-refractivity contribution in [3.8, 4) is 0 Å². The van der Waals surface area contributed by atoms with E-state index in [4.69, 9.17) is 0 Å². The van der Waals surface area contributed by atoms with Crippen molar-refractivity contribution in [1.82, 2.24) is 0 Å². The highest BCUT2D eigenvalue weighted by molar-refractivity contribution is 14.1. The van der Waals surface area contributed by atoms with Crippen LogP contribution < -0.4 is 0 Å². The molecule has 0 saturated heterocycles. The summed E-state index contributed by atoms with van der Waals surface area (Å²) in [5, 5.41) is 0. The van der Waals surface area contributed by atoms with Crippen molar-refractivity contribution >= 4 is 22.6 Å². The van der Waals surface area contributed by atoms with Crippen LogP contribution in [0.2, 0.25) is 0 Å². The van der Waals surface area contributed by atoms with Crippen LogP contribution >= 0.6 is 22.6 Å². The monoisotopic (exact) mass is 418 g/mol. The molecule has 0 aromatic rings. The van der Waals surface area contributed by atoms with Gasteiger partial charge in [0.1, 0.15) is 0 Å². The van der Waals surface area contributed by atoms with Gasteiger partial charge in [0.25, 0.3) is 0 Å². The summed E-state index contributed by atoms with van der Waals surface area (Å²) in [4.78, 5) is 0. The van der Waals surface area contributed by atoms with Crippen molar-refractivity contribution in [2.75, 3.05) is 4.43 Å². The molecule has 3 aliphatic carbocycles. The van der Waals surface area contributed by atoms with Gasteiger partial charge in [-0.2, -0.15) is 0 Å². The molecule has 0 radical (unpaired) electrons. The molecule has 0 nitrogen and oxygen atoms in total. The fourth-order valence-corrected chi connectivity index (χ4v) is 5.00. The molecule has 0 heterocycles. The molecule has 122 valence electrons. The van der Waals surface area contributed by atoms with E-state index in [2.05, 4.69) is 73.4 Å². The zero-order valence-corrected chi connectivity index (χ0v) is 16.5. The van der Waals surface area contributed by atoms with E-state index >= 15 is 0 Å². The van der Waals surface area contributed by atoms with Gasteiger partial charge in [0, 0.05) is 9.84 Å². The van der Waals surface area contributed by atoms with E-state index in [1.807, 2.05) is 6.08 Å². The molecule has 0 saturated carbocycles. The van der Waals surface area contributed by atoms with Crippen LogP contribution in [0.25, 0.3) is 0 Å². The third-order valence-corrected chi connectivity index (χ3v) is 6.18. The number of hydrogen-bond donors (Lipinski definition) is 0. The van der Waals surface area contributed by atoms with Gasteiger partial charge in [-0.3, -0.25) is 0 Å². The second kappa shape index (κ2) is 6.96. The van der Waals surface area contributed by atoms with Gasteiger partial charge < -0.3 is 0 Å². The summed E-state index contributed by atoms with van der Waals surface area (Å²) in [6.45, 7) is 8.78. The Morgan fingerprint density at radius 1 is 1.35 bits per heavy atom. The fourth-order valence-electron chi connectivity index (χ4n) is 4.56. The van der Waals surface area contributed by atoms with Crippen molar-refractivity contribution in [3.05, 3.63) is 70.9 Å². The van der Waals surface area contributed by atoms with Crippen molar-refractivity contribution in [2.24, 2.45) is 11.3 Å². The molecular formula is C22H27I. The number of alkyl halides is 1. The normalized spacial score (nSPS) is 29.9. The highest BCUT2D eigenvalue weighted by atomic mass is 127. The number of halogens is 1. The summed E-state index contributed by atoms with van der Waals surface area (Å²) in [5.41, 5.74) is 8.15. The zero-order valence-electron chi connectivity index (χ0n) is 14.4. The molecule has 0 aromatic heterocycles. The average Bonchev–Trinajstić information content (AvgIpc) is 2.77. The molecule has 0 bridgehead atoms. The minimum Gasteiger partial charge on any atom is -0.0990 e. The topological polar surface area (TPSA) is 0 Å². The summed E-state index contributed by atoms with van der Waals surface area (Å²) in [5.74, 6) is 0.752. The second-order valence-corrected chi connectivity index (χ2v) is 8.20. The summed E-state index contributed by atoms with van der Waals surface area (Å²) in [6.07, 6.45) is 19.8. The minimum absolute atomic E-state index is 0.180. The first-order chi connectivity index (χ1) is 11.1. The van der Waals surface area contributed by atoms with Crippen LogP contribution in [0.3, 0.4) is 0 Å². The molecule has 0 spiro atoms. The van der Waals surface area contributed by atoms with E-state index in [9.17, 15) is 0 Å². The van der Waals surface area contributed by atoms with E-state index < -0.39 is 0 Å². The predicted molar refractivity (Wildman–Crippen MR) is 110 cm³/mol. The second-order valence-electron chi connectivity index (χ2n) is 7.32. The lowest BCUT2D eigenvalue weighted by Crippen LogP contribution is -2.19. The first kappa shape index (κ1) is 17.0. The fraction of sp³-hybridized carbons (Fsp3) is 0.455. The van der Waals surface area contributed by atoms with Crippen molar-refractivity contribution in [3.63, 3.8) is 0 Å². The van der Waals surface area contributed by atoms with Gasteiger partial charge in [-0.1, -0.05) is 90.6 Å². The summed E-state index contributed by atoms with van der Waals surface area (Å²) < 4.78 is 1.07. The van der Waals surface area contributed by atoms with E-state index in [0.717, 1.165) is 10.3 Å². The van der Waals surface area contributed by atoms with Crippen molar-refractivity contribution < 1.29 is 0 Å². The maximum Gasteiger partial charge on any atom is 0.0182 e. The summed E-state index contributed by atoms with van der Waals surface area (Å²) in [6, 6.07) is 0. The molecule has 3 rings (SSSR count). The van der Waals surface area contributed by atoms with Crippen LogP contribution in [0.15, 0.2) is 70.9 Å².